The van der Waals surface area contributed by atoms with Gasteiger partial charge in [0.15, 0.2) is 11.9 Å². The van der Waals surface area contributed by atoms with Crippen molar-refractivity contribution in [1.82, 2.24) is 29.4 Å². The summed E-state index contributed by atoms with van der Waals surface area (Å²) in [6, 6.07) is 7.89. The molecule has 0 saturated carbocycles. The van der Waals surface area contributed by atoms with E-state index in [1.807, 2.05) is 17.7 Å². The van der Waals surface area contributed by atoms with Crippen molar-refractivity contribution in [3.05, 3.63) is 42.0 Å². The van der Waals surface area contributed by atoms with Gasteiger partial charge in [-0.2, -0.15) is 14.6 Å². The minimum absolute atomic E-state index is 0.0380. The number of anilines is 2. The number of fused-ring (bicyclic) bond motifs is 2. The van der Waals surface area contributed by atoms with Crippen LogP contribution in [0.15, 0.2) is 30.5 Å². The smallest absolute Gasteiger partial charge is 0.308 e. The molecule has 1 aliphatic heterocycles. The van der Waals surface area contributed by atoms with Gasteiger partial charge in [0.05, 0.1) is 24.2 Å². The number of hydrogen-bond acceptors (Lipinski definition) is 8. The summed E-state index contributed by atoms with van der Waals surface area (Å²) in [5.74, 6) is 0.478. The number of aromatic nitrogens is 6. The Morgan fingerprint density at radius 1 is 1.30 bits per heavy atom. The van der Waals surface area contributed by atoms with Crippen LogP contribution in [0, 0.1) is 12.8 Å². The maximum atomic E-state index is 11.8. The fourth-order valence-electron chi connectivity index (χ4n) is 4.26. The van der Waals surface area contributed by atoms with Crippen LogP contribution < -0.4 is 5.32 Å². The van der Waals surface area contributed by atoms with E-state index < -0.39 is 0 Å². The summed E-state index contributed by atoms with van der Waals surface area (Å²) < 4.78 is 14.4. The Balaban J connectivity index is 1.44. The van der Waals surface area contributed by atoms with Crippen molar-refractivity contribution in [2.75, 3.05) is 19.0 Å². The quantitative estimate of drug-likeness (QED) is 0.445. The molecule has 0 spiro atoms. The van der Waals surface area contributed by atoms with Gasteiger partial charge in [-0.25, -0.2) is 9.67 Å². The molecule has 10 heteroatoms. The molecule has 0 amide bonds. The van der Waals surface area contributed by atoms with E-state index in [2.05, 4.69) is 32.5 Å². The molecular formula is C23H27N7O3. The van der Waals surface area contributed by atoms with Crippen LogP contribution in [0.25, 0.3) is 16.6 Å². The van der Waals surface area contributed by atoms with Gasteiger partial charge in [0.1, 0.15) is 5.82 Å². The molecule has 172 valence electrons. The first kappa shape index (κ1) is 21.3. The number of carbonyl (C=O) groups excluding carboxylic acids is 1. The number of nitrogens with one attached hydrogen (secondary N) is 1. The maximum absolute atomic E-state index is 11.8. The van der Waals surface area contributed by atoms with Crippen LogP contribution in [-0.2, 0) is 20.7 Å². The molecule has 3 aromatic heterocycles. The fraction of sp³-hybridized carbons (Fsp3) is 0.435. The molecule has 0 bridgehead atoms. The highest BCUT2D eigenvalue weighted by atomic mass is 16.5. The molecule has 1 aromatic carbocycles. The number of benzene rings is 1. The lowest BCUT2D eigenvalue weighted by Crippen LogP contribution is -2.19. The van der Waals surface area contributed by atoms with E-state index in [0.29, 0.717) is 23.8 Å². The van der Waals surface area contributed by atoms with Gasteiger partial charge in [0.25, 0.3) is 0 Å². The summed E-state index contributed by atoms with van der Waals surface area (Å²) in [6.45, 7) is 4.58. The van der Waals surface area contributed by atoms with Gasteiger partial charge in [-0.3, -0.25) is 4.79 Å². The molecule has 5 rings (SSSR count). The average molecular weight is 450 g/mol. The molecule has 0 radical (unpaired) electrons. The van der Waals surface area contributed by atoms with E-state index in [4.69, 9.17) is 14.6 Å². The van der Waals surface area contributed by atoms with Crippen LogP contribution in [0.3, 0.4) is 0 Å². The Bertz CT molecular complexity index is 1310. The van der Waals surface area contributed by atoms with Crippen LogP contribution in [0.4, 0.5) is 11.6 Å². The third kappa shape index (κ3) is 4.13. The highest BCUT2D eigenvalue weighted by molar-refractivity contribution is 5.85. The normalized spacial score (nSPS) is 17.4. The van der Waals surface area contributed by atoms with Crippen LogP contribution in [0.5, 0.6) is 0 Å². The molecule has 4 heterocycles. The lowest BCUT2D eigenvalue weighted by Gasteiger charge is -2.23. The second kappa shape index (κ2) is 8.78. The van der Waals surface area contributed by atoms with Gasteiger partial charge in [0, 0.05) is 36.4 Å². The molecule has 2 unspecified atom stereocenters. The first-order chi connectivity index (χ1) is 16.0. The summed E-state index contributed by atoms with van der Waals surface area (Å²) >= 11 is 0. The third-order valence-corrected chi connectivity index (χ3v) is 5.99. The van der Waals surface area contributed by atoms with Crippen LogP contribution in [0.2, 0.25) is 0 Å². The van der Waals surface area contributed by atoms with E-state index in [1.54, 1.807) is 23.7 Å². The lowest BCUT2D eigenvalue weighted by atomic mass is 10.1. The zero-order valence-electron chi connectivity index (χ0n) is 19.0. The number of carbonyl (C=O) groups is 1. The first-order valence-electron chi connectivity index (χ1n) is 11.2. The maximum Gasteiger partial charge on any atom is 0.308 e. The molecule has 1 N–H and O–H groups in total. The van der Waals surface area contributed by atoms with E-state index in [1.165, 1.54) is 7.11 Å². The standard InChI is InChI=1S/C23H27N7O3/c1-14(22(31)32-3)12-20-24-10-9-19-26-23(28-30(19)20)25-16-7-8-17-15(2)27-29(18(17)13-16)21-6-4-5-11-33-21/h7-10,13-14,21H,4-6,11-12H2,1-3H3,(H,25,28). The molecular weight excluding hydrogens is 422 g/mol. The lowest BCUT2D eigenvalue weighted by molar-refractivity contribution is -0.144. The number of aryl methyl sites for hydroxylation is 1. The number of methoxy groups -OCH3 is 1. The third-order valence-electron chi connectivity index (χ3n) is 5.99. The van der Waals surface area contributed by atoms with E-state index in [0.717, 1.165) is 48.2 Å². The van der Waals surface area contributed by atoms with Crippen molar-refractivity contribution < 1.29 is 14.3 Å². The summed E-state index contributed by atoms with van der Waals surface area (Å²) in [7, 11) is 1.38. The fourth-order valence-corrected chi connectivity index (χ4v) is 4.26. The zero-order valence-corrected chi connectivity index (χ0v) is 19.0. The van der Waals surface area contributed by atoms with Crippen LogP contribution in [-0.4, -0.2) is 49.0 Å². The molecule has 4 aromatic rings. The van der Waals surface area contributed by atoms with Gasteiger partial charge < -0.3 is 14.8 Å². The van der Waals surface area contributed by atoms with Gasteiger partial charge in [-0.1, -0.05) is 6.92 Å². The Morgan fingerprint density at radius 2 is 2.18 bits per heavy atom. The monoisotopic (exact) mass is 449 g/mol. The number of ether oxygens (including phenoxy) is 2. The van der Waals surface area contributed by atoms with Crippen molar-refractivity contribution >= 4 is 34.2 Å². The van der Waals surface area contributed by atoms with Crippen molar-refractivity contribution in [2.24, 2.45) is 5.92 Å². The van der Waals surface area contributed by atoms with Crippen LogP contribution >= 0.6 is 0 Å². The van der Waals surface area contributed by atoms with Gasteiger partial charge in [-0.15, -0.1) is 5.10 Å². The Labute approximate surface area is 190 Å². The summed E-state index contributed by atoms with van der Waals surface area (Å²) in [5.41, 5.74) is 3.50. The SMILES string of the molecule is COC(=O)C(C)Cc1nccc2nc(Nc3ccc4c(C)nn(C5CCCCO5)c4c3)nn12. The second-order valence-electron chi connectivity index (χ2n) is 8.40. The van der Waals surface area contributed by atoms with Crippen molar-refractivity contribution in [3.8, 4) is 0 Å². The number of rotatable bonds is 6. The van der Waals surface area contributed by atoms with E-state index >= 15 is 0 Å². The highest BCUT2D eigenvalue weighted by Crippen LogP contribution is 2.30. The van der Waals surface area contributed by atoms with Gasteiger partial charge in [0.2, 0.25) is 5.95 Å². The predicted molar refractivity (Wildman–Crippen MR) is 122 cm³/mol. The largest absolute Gasteiger partial charge is 0.469 e. The number of hydrogen-bond donors (Lipinski definition) is 1. The topological polar surface area (TPSA) is 108 Å². The molecule has 0 aliphatic carbocycles. The predicted octanol–water partition coefficient (Wildman–Crippen LogP) is 3.58. The average Bonchev–Trinajstić information content (AvgIpc) is 3.40. The molecule has 2 atom stereocenters. The summed E-state index contributed by atoms with van der Waals surface area (Å²) in [5, 5.41) is 13.7. The summed E-state index contributed by atoms with van der Waals surface area (Å²) in [4.78, 5) is 20.8. The first-order valence-corrected chi connectivity index (χ1v) is 11.2. The molecule has 33 heavy (non-hydrogen) atoms. The zero-order chi connectivity index (χ0) is 22.9. The molecule has 1 saturated heterocycles. The van der Waals surface area contributed by atoms with Crippen molar-refractivity contribution in [3.63, 3.8) is 0 Å². The summed E-state index contributed by atoms with van der Waals surface area (Å²) in [6.07, 6.45) is 5.23. The second-order valence-corrected chi connectivity index (χ2v) is 8.40. The van der Waals surface area contributed by atoms with Crippen molar-refractivity contribution in [2.45, 2.75) is 45.8 Å². The number of esters is 1. The molecule has 10 nitrogen and oxygen atoms in total. The molecule has 1 aliphatic rings. The van der Waals surface area contributed by atoms with Gasteiger partial charge in [-0.05, 0) is 44.4 Å². The minimum Gasteiger partial charge on any atom is -0.469 e. The van der Waals surface area contributed by atoms with E-state index in [-0.39, 0.29) is 18.1 Å². The molecule has 1 fully saturated rings. The van der Waals surface area contributed by atoms with Crippen molar-refractivity contribution in [1.29, 1.82) is 0 Å². The Kier molecular flexibility index (Phi) is 5.67. The Morgan fingerprint density at radius 3 is 2.97 bits per heavy atom. The van der Waals surface area contributed by atoms with Gasteiger partial charge >= 0.3 is 5.97 Å². The van der Waals surface area contributed by atoms with E-state index in [9.17, 15) is 4.79 Å². The highest BCUT2D eigenvalue weighted by Gasteiger charge is 2.21. The number of nitrogens with zero attached hydrogens (tertiary/aromatic N) is 6. The Hall–Kier alpha value is -3.53. The van der Waals surface area contributed by atoms with Crippen LogP contribution in [0.1, 0.15) is 43.9 Å². The minimum atomic E-state index is -0.332.